The monoisotopic (exact) mass is 1450 g/mol. The van der Waals surface area contributed by atoms with Crippen LogP contribution in [0.3, 0.4) is 0 Å². The second-order valence-corrected chi connectivity index (χ2v) is 27.8. The Bertz CT molecular complexity index is 4980. The van der Waals surface area contributed by atoms with Crippen LogP contribution in [0.25, 0.3) is 64.8 Å². The van der Waals surface area contributed by atoms with Crippen molar-refractivity contribution in [3.8, 4) is 0 Å². The molecular weight excluding hydrogens is 1350 g/mol. The number of hydrogen-bond donors (Lipinski definition) is 11. The van der Waals surface area contributed by atoms with E-state index in [1.165, 1.54) is 0 Å². The van der Waals surface area contributed by atoms with Crippen LogP contribution in [0.2, 0.25) is 0 Å². The second-order valence-electron chi connectivity index (χ2n) is 27.8. The first-order valence-electron chi connectivity index (χ1n) is 37.6. The summed E-state index contributed by atoms with van der Waals surface area (Å²) < 4.78 is 0. The minimum absolute atomic E-state index is 0.0995. The standard InChI is InChI=1S/C31H35N3O3.C30H33N3O3.C29H34N4O2/c1-34(16-6-15-32)31(37)29(20-23-12-14-25-8-3-5-10-27(25)18-23)33-30(36)28(21-35)19-22-11-13-24-7-2-4-9-26(24)17-22;31-14-5-15-32-30(36)28(19-22-11-13-24-7-2-4-9-26(24)17-22)33-29(35)27(20-34)18-21-10-12-23-6-1-3-8-25(23)16-21;1-2-21(18-24-19-32-26-11-6-5-10-25(24)26)28(34)33-27(29(35)31-15-7-14-30)17-20-12-13-22-8-3-4-9-23(22)16-20/h2-5,7-14,17-18,28-29,35H,6,15-16,19-21,32H2,1H3,(H,33,36);1-4,6-13,16-17,27-28,34H,5,14-15,18-20,31H2,(H,32,36)(H,33,35);3-6,8-13,16,19,21,27,32H,2,7,14-15,17-18,30H2,1H3,(H,31,35)(H,33,34). The fraction of sp³-hybridized carbons (Fsp3) is 0.289. The Morgan fingerprint density at radius 3 is 1.06 bits per heavy atom. The molecule has 0 radical (unpaired) electrons. The number of nitrogens with one attached hydrogen (secondary N) is 6. The molecule has 18 heteroatoms. The van der Waals surface area contributed by atoms with E-state index in [9.17, 15) is 39.0 Å². The van der Waals surface area contributed by atoms with E-state index in [-0.39, 0.29) is 54.6 Å². The fourth-order valence-electron chi connectivity index (χ4n) is 13.6. The van der Waals surface area contributed by atoms with E-state index in [1.54, 1.807) is 11.9 Å². The highest BCUT2D eigenvalue weighted by atomic mass is 16.3. The number of likely N-dealkylation sites (N-methyl/N-ethyl adjacent to an activating group) is 1. The Morgan fingerprint density at radius 1 is 0.380 bits per heavy atom. The molecule has 560 valence electrons. The van der Waals surface area contributed by atoms with Crippen molar-refractivity contribution in [3.63, 3.8) is 0 Å². The molecule has 1 heterocycles. The van der Waals surface area contributed by atoms with Gasteiger partial charge in [0, 0.05) is 69.0 Å². The van der Waals surface area contributed by atoms with Crippen LogP contribution in [0.5, 0.6) is 0 Å². The van der Waals surface area contributed by atoms with Crippen LogP contribution in [-0.4, -0.2) is 133 Å². The minimum Gasteiger partial charge on any atom is -0.396 e. The zero-order chi connectivity index (χ0) is 76.2. The summed E-state index contributed by atoms with van der Waals surface area (Å²) in [6, 6.07) is 76.6. The summed E-state index contributed by atoms with van der Waals surface area (Å²) >= 11 is 0. The van der Waals surface area contributed by atoms with Gasteiger partial charge in [-0.15, -0.1) is 0 Å². The zero-order valence-electron chi connectivity index (χ0n) is 61.8. The van der Waals surface area contributed by atoms with Crippen LogP contribution in [0, 0.1) is 17.8 Å². The van der Waals surface area contributed by atoms with Gasteiger partial charge in [-0.1, -0.05) is 237 Å². The Labute approximate surface area is 632 Å². The zero-order valence-corrected chi connectivity index (χ0v) is 61.8. The molecule has 0 aliphatic carbocycles. The maximum Gasteiger partial charge on any atom is 0.245 e. The van der Waals surface area contributed by atoms with Crippen LogP contribution in [0.4, 0.5) is 0 Å². The molecule has 6 amide bonds. The van der Waals surface area contributed by atoms with Gasteiger partial charge < -0.3 is 63.9 Å². The molecule has 18 nitrogen and oxygen atoms in total. The number of aliphatic hydroxyl groups excluding tert-OH is 2. The van der Waals surface area contributed by atoms with Crippen molar-refractivity contribution >= 4 is 100 Å². The lowest BCUT2D eigenvalue weighted by Gasteiger charge is -2.26. The molecule has 14 N–H and O–H groups in total. The van der Waals surface area contributed by atoms with Gasteiger partial charge in [0.25, 0.3) is 0 Å². The van der Waals surface area contributed by atoms with E-state index >= 15 is 0 Å². The number of rotatable bonds is 33. The minimum atomic E-state index is -0.762. The molecule has 0 bridgehead atoms. The number of nitrogens with two attached hydrogens (primary N) is 3. The van der Waals surface area contributed by atoms with Gasteiger partial charge >= 0.3 is 0 Å². The quantitative estimate of drug-likeness (QED) is 0.0172. The lowest BCUT2D eigenvalue weighted by atomic mass is 9.94. The van der Waals surface area contributed by atoms with Gasteiger partial charge in [0.2, 0.25) is 35.4 Å². The van der Waals surface area contributed by atoms with Crippen LogP contribution in [0.1, 0.15) is 66.0 Å². The molecule has 11 aromatic carbocycles. The number of hydrogen-bond acceptors (Lipinski definition) is 11. The second kappa shape index (κ2) is 40.6. The topological polar surface area (TPSA) is 300 Å². The summed E-state index contributed by atoms with van der Waals surface area (Å²) in [7, 11) is 1.73. The third-order valence-electron chi connectivity index (χ3n) is 19.9. The van der Waals surface area contributed by atoms with Gasteiger partial charge in [-0.05, 0) is 158 Å². The summed E-state index contributed by atoms with van der Waals surface area (Å²) in [6.45, 7) is 4.31. The van der Waals surface area contributed by atoms with Crippen molar-refractivity contribution in [2.24, 2.45) is 35.0 Å². The normalized spacial score (nSPS) is 12.9. The fourth-order valence-corrected chi connectivity index (χ4v) is 13.6. The molecule has 108 heavy (non-hydrogen) atoms. The summed E-state index contributed by atoms with van der Waals surface area (Å²) in [4.78, 5) is 84.3. The van der Waals surface area contributed by atoms with Crippen molar-refractivity contribution in [3.05, 3.63) is 276 Å². The van der Waals surface area contributed by atoms with E-state index in [0.29, 0.717) is 103 Å². The molecule has 1 aromatic heterocycles. The summed E-state index contributed by atoms with van der Waals surface area (Å²) in [6.07, 6.45) is 7.20. The number of nitrogens with zero attached hydrogens (tertiary/aromatic N) is 1. The van der Waals surface area contributed by atoms with E-state index in [2.05, 4.69) is 68.0 Å². The maximum absolute atomic E-state index is 13.4. The number of H-pyrrole nitrogens is 1. The number of benzene rings is 11. The van der Waals surface area contributed by atoms with Gasteiger partial charge in [-0.3, -0.25) is 28.8 Å². The molecule has 0 fully saturated rings. The molecule has 12 aromatic rings. The van der Waals surface area contributed by atoms with Gasteiger partial charge in [0.05, 0.1) is 25.0 Å². The third kappa shape index (κ3) is 22.5. The number of para-hydroxylation sites is 1. The number of carbonyl (C=O) groups excluding carboxylic acids is 6. The number of aromatic nitrogens is 1. The maximum atomic E-state index is 13.4. The molecule has 0 aliphatic rings. The Hall–Kier alpha value is -11.1. The number of aliphatic hydroxyl groups is 2. The molecule has 6 unspecified atom stereocenters. The first kappa shape index (κ1) is 79.4. The molecule has 0 saturated carbocycles. The van der Waals surface area contributed by atoms with Gasteiger partial charge in [-0.2, -0.15) is 0 Å². The Morgan fingerprint density at radius 2 is 0.704 bits per heavy atom. The Balaban J connectivity index is 0.000000173. The first-order chi connectivity index (χ1) is 52.6. The molecule has 0 aliphatic heterocycles. The van der Waals surface area contributed by atoms with Crippen molar-refractivity contribution in [2.75, 3.05) is 59.5 Å². The molecule has 0 saturated heterocycles. The average molecular weight is 1450 g/mol. The van der Waals surface area contributed by atoms with E-state index in [1.807, 2.05) is 213 Å². The summed E-state index contributed by atoms with van der Waals surface area (Å²) in [5, 5.41) is 47.1. The van der Waals surface area contributed by atoms with Crippen molar-refractivity contribution < 1.29 is 39.0 Å². The van der Waals surface area contributed by atoms with Crippen LogP contribution in [0.15, 0.2) is 243 Å². The van der Waals surface area contributed by atoms with Crippen molar-refractivity contribution in [1.82, 2.24) is 36.5 Å². The van der Waals surface area contributed by atoms with E-state index in [0.717, 1.165) is 98.1 Å². The molecule has 12 rings (SSSR count). The molecule has 6 atom stereocenters. The average Bonchev–Trinajstić information content (AvgIpc) is 1.57. The van der Waals surface area contributed by atoms with Crippen molar-refractivity contribution in [2.45, 2.75) is 89.3 Å². The van der Waals surface area contributed by atoms with Crippen LogP contribution in [-0.2, 0) is 67.3 Å². The number of carbonyl (C=O) groups is 6. The SMILES string of the molecule is CCC(Cc1c[nH]c2ccccc12)C(=O)NC(Cc1ccc2ccccc2c1)C(=O)NCCCN.CN(CCCN)C(=O)C(Cc1ccc2ccccc2c1)NC(=O)C(CO)Cc1ccc2ccccc2c1.NCCCNC(=O)C(Cc1ccc2ccccc2c1)NC(=O)C(CO)Cc1ccc2ccccc2c1. The lowest BCUT2D eigenvalue weighted by molar-refractivity contribution is -0.137. The summed E-state index contributed by atoms with van der Waals surface area (Å²) in [5.74, 6) is -2.94. The number of aromatic amines is 1. The predicted octanol–water partition coefficient (Wildman–Crippen LogP) is 11.1. The largest absolute Gasteiger partial charge is 0.396 e. The van der Waals surface area contributed by atoms with Crippen LogP contribution >= 0.6 is 0 Å². The molecule has 0 spiro atoms. The summed E-state index contributed by atoms with van der Waals surface area (Å²) in [5.41, 5.74) is 23.8. The highest BCUT2D eigenvalue weighted by Gasteiger charge is 2.30. The number of fused-ring (bicyclic) bond motifs is 6. The van der Waals surface area contributed by atoms with Gasteiger partial charge in [0.1, 0.15) is 18.1 Å². The lowest BCUT2D eigenvalue weighted by Crippen LogP contribution is -2.51. The first-order valence-corrected chi connectivity index (χ1v) is 37.6. The van der Waals surface area contributed by atoms with Gasteiger partial charge in [0.15, 0.2) is 0 Å². The third-order valence-corrected chi connectivity index (χ3v) is 19.9. The highest BCUT2D eigenvalue weighted by Crippen LogP contribution is 2.26. The number of amides is 6. The van der Waals surface area contributed by atoms with E-state index < -0.39 is 30.0 Å². The van der Waals surface area contributed by atoms with Crippen LogP contribution < -0.4 is 43.8 Å². The highest BCUT2D eigenvalue weighted by molar-refractivity contribution is 5.93. The predicted molar refractivity (Wildman–Crippen MR) is 436 cm³/mol. The molecular formula is C90H102N10O8. The Kier molecular flexibility index (Phi) is 29.8. The smallest absolute Gasteiger partial charge is 0.245 e. The van der Waals surface area contributed by atoms with Crippen molar-refractivity contribution in [1.29, 1.82) is 0 Å². The van der Waals surface area contributed by atoms with E-state index in [4.69, 9.17) is 17.2 Å². The van der Waals surface area contributed by atoms with Gasteiger partial charge in [-0.25, -0.2) is 0 Å².